The lowest BCUT2D eigenvalue weighted by Gasteiger charge is -2.10. The SMILES string of the molecule is CCOC(=O)c1cccc(-c2ccc(CN(C)C)cc2)c1. The van der Waals surface area contributed by atoms with E-state index in [2.05, 4.69) is 43.3 Å². The molecule has 2 aromatic carbocycles. The maximum atomic E-state index is 11.8. The highest BCUT2D eigenvalue weighted by Gasteiger charge is 2.07. The molecule has 0 bridgehead atoms. The highest BCUT2D eigenvalue weighted by Crippen LogP contribution is 2.21. The van der Waals surface area contributed by atoms with E-state index in [4.69, 9.17) is 4.74 Å². The van der Waals surface area contributed by atoms with Gasteiger partial charge in [-0.1, -0.05) is 36.4 Å². The Balaban J connectivity index is 2.21. The number of ether oxygens (including phenoxy) is 1. The maximum absolute atomic E-state index is 11.8. The fourth-order valence-electron chi connectivity index (χ4n) is 2.21. The van der Waals surface area contributed by atoms with Gasteiger partial charge in [0.1, 0.15) is 0 Å². The molecule has 0 heterocycles. The minimum Gasteiger partial charge on any atom is -0.462 e. The summed E-state index contributed by atoms with van der Waals surface area (Å²) in [6, 6.07) is 15.9. The van der Waals surface area contributed by atoms with Crippen LogP contribution < -0.4 is 0 Å². The van der Waals surface area contributed by atoms with Crippen molar-refractivity contribution >= 4 is 5.97 Å². The molecule has 110 valence electrons. The molecular formula is C18H21NO2. The largest absolute Gasteiger partial charge is 0.462 e. The molecule has 0 amide bonds. The van der Waals surface area contributed by atoms with E-state index in [1.165, 1.54) is 5.56 Å². The first kappa shape index (κ1) is 15.3. The second kappa shape index (κ2) is 7.04. The molecule has 0 saturated carbocycles. The van der Waals surface area contributed by atoms with Crippen LogP contribution in [0, 0.1) is 0 Å². The van der Waals surface area contributed by atoms with Gasteiger partial charge in [-0.3, -0.25) is 0 Å². The summed E-state index contributed by atoms with van der Waals surface area (Å²) in [4.78, 5) is 13.9. The molecule has 0 spiro atoms. The fraction of sp³-hybridized carbons (Fsp3) is 0.278. The zero-order chi connectivity index (χ0) is 15.2. The molecule has 3 nitrogen and oxygen atoms in total. The molecule has 21 heavy (non-hydrogen) atoms. The second-order valence-electron chi connectivity index (χ2n) is 5.24. The van der Waals surface area contributed by atoms with Crippen molar-refractivity contribution in [2.24, 2.45) is 0 Å². The molecule has 0 aliphatic rings. The minimum atomic E-state index is -0.274. The zero-order valence-corrected chi connectivity index (χ0v) is 12.8. The van der Waals surface area contributed by atoms with Crippen LogP contribution >= 0.6 is 0 Å². The van der Waals surface area contributed by atoms with E-state index < -0.39 is 0 Å². The van der Waals surface area contributed by atoms with Crippen molar-refractivity contribution in [2.45, 2.75) is 13.5 Å². The molecule has 0 atom stereocenters. The van der Waals surface area contributed by atoms with Crippen molar-refractivity contribution in [3.8, 4) is 11.1 Å². The molecule has 0 N–H and O–H groups in total. The first-order valence-corrected chi connectivity index (χ1v) is 7.11. The van der Waals surface area contributed by atoms with Crippen molar-refractivity contribution in [3.05, 3.63) is 59.7 Å². The lowest BCUT2D eigenvalue weighted by Crippen LogP contribution is -2.10. The van der Waals surface area contributed by atoms with Crippen LogP contribution in [-0.2, 0) is 11.3 Å². The van der Waals surface area contributed by atoms with Gasteiger partial charge in [-0.2, -0.15) is 0 Å². The molecule has 0 radical (unpaired) electrons. The molecule has 0 aliphatic heterocycles. The first-order valence-electron chi connectivity index (χ1n) is 7.11. The third kappa shape index (κ3) is 4.17. The van der Waals surface area contributed by atoms with Gasteiger partial charge in [0.2, 0.25) is 0 Å². The van der Waals surface area contributed by atoms with Crippen molar-refractivity contribution < 1.29 is 9.53 Å². The number of carbonyl (C=O) groups is 1. The van der Waals surface area contributed by atoms with Gasteiger partial charge in [0.25, 0.3) is 0 Å². The van der Waals surface area contributed by atoms with Gasteiger partial charge >= 0.3 is 5.97 Å². The summed E-state index contributed by atoms with van der Waals surface area (Å²) in [6.07, 6.45) is 0. The van der Waals surface area contributed by atoms with Gasteiger partial charge in [-0.25, -0.2) is 4.79 Å². The van der Waals surface area contributed by atoms with E-state index >= 15 is 0 Å². The molecule has 0 saturated heterocycles. The van der Waals surface area contributed by atoms with Crippen LogP contribution in [0.2, 0.25) is 0 Å². The number of benzene rings is 2. The Morgan fingerprint density at radius 1 is 1.05 bits per heavy atom. The smallest absolute Gasteiger partial charge is 0.338 e. The van der Waals surface area contributed by atoms with Crippen LogP contribution in [0.1, 0.15) is 22.8 Å². The summed E-state index contributed by atoms with van der Waals surface area (Å²) < 4.78 is 5.04. The Morgan fingerprint density at radius 3 is 2.38 bits per heavy atom. The Labute approximate surface area is 126 Å². The number of esters is 1. The maximum Gasteiger partial charge on any atom is 0.338 e. The Bertz CT molecular complexity index is 603. The second-order valence-corrected chi connectivity index (χ2v) is 5.24. The third-order valence-corrected chi connectivity index (χ3v) is 3.16. The number of carbonyl (C=O) groups excluding carboxylic acids is 1. The van der Waals surface area contributed by atoms with Crippen molar-refractivity contribution in [1.82, 2.24) is 4.90 Å². The lowest BCUT2D eigenvalue weighted by atomic mass is 10.0. The van der Waals surface area contributed by atoms with Crippen molar-refractivity contribution in [1.29, 1.82) is 0 Å². The summed E-state index contributed by atoms with van der Waals surface area (Å²) in [5.74, 6) is -0.274. The Hall–Kier alpha value is -2.13. The number of hydrogen-bond acceptors (Lipinski definition) is 3. The van der Waals surface area contributed by atoms with Crippen LogP contribution in [0.3, 0.4) is 0 Å². The predicted octanol–water partition coefficient (Wildman–Crippen LogP) is 3.59. The lowest BCUT2D eigenvalue weighted by molar-refractivity contribution is 0.0526. The molecule has 0 aromatic heterocycles. The van der Waals surface area contributed by atoms with Crippen LogP contribution in [0.25, 0.3) is 11.1 Å². The van der Waals surface area contributed by atoms with Gasteiger partial charge in [-0.15, -0.1) is 0 Å². The average molecular weight is 283 g/mol. The van der Waals surface area contributed by atoms with E-state index in [1.54, 1.807) is 6.07 Å². The number of rotatable bonds is 5. The third-order valence-electron chi connectivity index (χ3n) is 3.16. The molecule has 0 aliphatic carbocycles. The summed E-state index contributed by atoms with van der Waals surface area (Å²) in [7, 11) is 4.10. The molecule has 2 aromatic rings. The van der Waals surface area contributed by atoms with Crippen LogP contribution in [0.15, 0.2) is 48.5 Å². The molecule has 0 fully saturated rings. The van der Waals surface area contributed by atoms with E-state index in [9.17, 15) is 4.79 Å². The van der Waals surface area contributed by atoms with Gasteiger partial charge in [0, 0.05) is 6.54 Å². The van der Waals surface area contributed by atoms with Gasteiger partial charge in [-0.05, 0) is 49.8 Å². The highest BCUT2D eigenvalue weighted by molar-refractivity contribution is 5.91. The molecule has 0 unspecified atom stereocenters. The quantitative estimate of drug-likeness (QED) is 0.785. The van der Waals surface area contributed by atoms with E-state index in [-0.39, 0.29) is 5.97 Å². The molecule has 2 rings (SSSR count). The fourth-order valence-corrected chi connectivity index (χ4v) is 2.21. The molecule has 3 heteroatoms. The van der Waals surface area contributed by atoms with Crippen LogP contribution in [0.4, 0.5) is 0 Å². The Kier molecular flexibility index (Phi) is 5.12. The van der Waals surface area contributed by atoms with Gasteiger partial charge in [0.15, 0.2) is 0 Å². The van der Waals surface area contributed by atoms with Gasteiger partial charge in [0.05, 0.1) is 12.2 Å². The summed E-state index contributed by atoms with van der Waals surface area (Å²) in [5, 5.41) is 0. The topological polar surface area (TPSA) is 29.5 Å². The minimum absolute atomic E-state index is 0.274. The molecular weight excluding hydrogens is 262 g/mol. The average Bonchev–Trinajstić information content (AvgIpc) is 2.48. The van der Waals surface area contributed by atoms with E-state index in [0.29, 0.717) is 12.2 Å². The van der Waals surface area contributed by atoms with Crippen molar-refractivity contribution in [2.75, 3.05) is 20.7 Å². The van der Waals surface area contributed by atoms with E-state index in [1.807, 2.05) is 25.1 Å². The Morgan fingerprint density at radius 2 is 1.76 bits per heavy atom. The zero-order valence-electron chi connectivity index (χ0n) is 12.8. The standard InChI is InChI=1S/C18H21NO2/c1-4-21-18(20)17-7-5-6-16(12-17)15-10-8-14(9-11-15)13-19(2)3/h5-12H,4,13H2,1-3H3. The van der Waals surface area contributed by atoms with Crippen LogP contribution in [0.5, 0.6) is 0 Å². The highest BCUT2D eigenvalue weighted by atomic mass is 16.5. The predicted molar refractivity (Wildman–Crippen MR) is 85.2 cm³/mol. The van der Waals surface area contributed by atoms with E-state index in [0.717, 1.165) is 17.7 Å². The van der Waals surface area contributed by atoms with Crippen molar-refractivity contribution in [3.63, 3.8) is 0 Å². The normalized spacial score (nSPS) is 10.7. The summed E-state index contributed by atoms with van der Waals surface area (Å²) >= 11 is 0. The van der Waals surface area contributed by atoms with Gasteiger partial charge < -0.3 is 9.64 Å². The summed E-state index contributed by atoms with van der Waals surface area (Å²) in [6.45, 7) is 3.12. The monoisotopic (exact) mass is 283 g/mol. The number of hydrogen-bond donors (Lipinski definition) is 0. The summed E-state index contributed by atoms with van der Waals surface area (Å²) in [5.41, 5.74) is 3.98. The number of nitrogens with zero attached hydrogens (tertiary/aromatic N) is 1. The first-order chi connectivity index (χ1) is 10.1. The van der Waals surface area contributed by atoms with Crippen LogP contribution in [-0.4, -0.2) is 31.6 Å².